The number of carbonyl (C=O) groups is 2. The summed E-state index contributed by atoms with van der Waals surface area (Å²) in [6, 6.07) is 0.504. The van der Waals surface area contributed by atoms with Gasteiger partial charge < -0.3 is 14.9 Å². The van der Waals surface area contributed by atoms with E-state index in [9.17, 15) is 14.7 Å². The fourth-order valence-electron chi connectivity index (χ4n) is 4.82. The molecule has 5 heteroatoms. The minimum Gasteiger partial charge on any atom is -0.393 e. The van der Waals surface area contributed by atoms with E-state index in [1.165, 1.54) is 25.7 Å². The number of hydrogen-bond acceptors (Lipinski definition) is 3. The number of hydrogen-bond donors (Lipinski definition) is 1. The lowest BCUT2D eigenvalue weighted by atomic mass is 10.0. The van der Waals surface area contributed by atoms with E-state index in [1.54, 1.807) is 6.92 Å². The fourth-order valence-corrected chi connectivity index (χ4v) is 4.82. The van der Waals surface area contributed by atoms with Gasteiger partial charge in [-0.1, -0.05) is 25.7 Å². The lowest BCUT2D eigenvalue weighted by Crippen LogP contribution is -2.42. The third-order valence-corrected chi connectivity index (χ3v) is 6.05. The zero-order chi connectivity index (χ0) is 17.1. The largest absolute Gasteiger partial charge is 0.393 e. The predicted octanol–water partition coefficient (Wildman–Crippen LogP) is 2.32. The Bertz CT molecular complexity index is 458. The van der Waals surface area contributed by atoms with E-state index in [-0.39, 0.29) is 29.9 Å². The van der Waals surface area contributed by atoms with E-state index < -0.39 is 0 Å². The molecule has 1 aliphatic carbocycles. The second-order valence-electron chi connectivity index (χ2n) is 8.00. The van der Waals surface area contributed by atoms with Crippen LogP contribution in [0.15, 0.2) is 0 Å². The molecule has 0 radical (unpaired) electrons. The summed E-state index contributed by atoms with van der Waals surface area (Å²) in [6.07, 6.45) is 9.79. The first-order valence-corrected chi connectivity index (χ1v) is 9.84. The lowest BCUT2D eigenvalue weighted by Gasteiger charge is -2.29. The van der Waals surface area contributed by atoms with Crippen LogP contribution in [0.1, 0.15) is 71.1 Å². The van der Waals surface area contributed by atoms with Crippen LogP contribution < -0.4 is 0 Å². The highest BCUT2D eigenvalue weighted by Gasteiger charge is 2.41. The molecule has 0 aromatic carbocycles. The summed E-state index contributed by atoms with van der Waals surface area (Å²) in [5.74, 6) is 0.143. The summed E-state index contributed by atoms with van der Waals surface area (Å²) < 4.78 is 0. The summed E-state index contributed by atoms with van der Waals surface area (Å²) in [4.78, 5) is 29.4. The topological polar surface area (TPSA) is 60.9 Å². The van der Waals surface area contributed by atoms with E-state index in [4.69, 9.17) is 0 Å². The smallest absolute Gasteiger partial charge is 0.228 e. The van der Waals surface area contributed by atoms with Gasteiger partial charge in [-0.2, -0.15) is 0 Å². The Balaban J connectivity index is 1.61. The van der Waals surface area contributed by atoms with Crippen LogP contribution in [-0.2, 0) is 9.59 Å². The van der Waals surface area contributed by atoms with Crippen LogP contribution in [0.5, 0.6) is 0 Å². The SMILES string of the molecule is CC(O)CC1CCCN1C(=O)C1CC(=O)N(C2CCCCCC2)C1. The maximum Gasteiger partial charge on any atom is 0.228 e. The first-order valence-electron chi connectivity index (χ1n) is 9.84. The van der Waals surface area contributed by atoms with E-state index in [2.05, 4.69) is 0 Å². The number of aliphatic hydroxyl groups is 1. The van der Waals surface area contributed by atoms with Gasteiger partial charge in [0.15, 0.2) is 0 Å². The molecule has 3 rings (SSSR count). The molecule has 3 fully saturated rings. The van der Waals surface area contributed by atoms with E-state index >= 15 is 0 Å². The fraction of sp³-hybridized carbons (Fsp3) is 0.895. The molecular formula is C19H32N2O3. The van der Waals surface area contributed by atoms with Gasteiger partial charge in [0, 0.05) is 31.6 Å². The number of rotatable bonds is 4. The van der Waals surface area contributed by atoms with Crippen molar-refractivity contribution in [1.29, 1.82) is 0 Å². The highest BCUT2D eigenvalue weighted by atomic mass is 16.3. The van der Waals surface area contributed by atoms with Gasteiger partial charge in [-0.3, -0.25) is 9.59 Å². The Hall–Kier alpha value is -1.10. The van der Waals surface area contributed by atoms with Gasteiger partial charge in [0.05, 0.1) is 12.0 Å². The molecule has 0 aromatic heterocycles. The molecule has 24 heavy (non-hydrogen) atoms. The molecule has 5 nitrogen and oxygen atoms in total. The minimum absolute atomic E-state index is 0.141. The van der Waals surface area contributed by atoms with Crippen molar-refractivity contribution >= 4 is 11.8 Å². The van der Waals surface area contributed by atoms with Crippen LogP contribution >= 0.6 is 0 Å². The van der Waals surface area contributed by atoms with Crippen molar-refractivity contribution in [3.63, 3.8) is 0 Å². The summed E-state index contributed by atoms with van der Waals surface area (Å²) in [5.41, 5.74) is 0. The summed E-state index contributed by atoms with van der Waals surface area (Å²) >= 11 is 0. The third kappa shape index (κ3) is 3.93. The van der Waals surface area contributed by atoms with E-state index in [0.29, 0.717) is 25.4 Å². The summed E-state index contributed by atoms with van der Waals surface area (Å²) in [6.45, 7) is 3.18. The van der Waals surface area contributed by atoms with Gasteiger partial charge in [-0.05, 0) is 39.0 Å². The Morgan fingerprint density at radius 3 is 2.54 bits per heavy atom. The van der Waals surface area contributed by atoms with Crippen molar-refractivity contribution in [3.8, 4) is 0 Å². The number of aliphatic hydroxyl groups excluding tert-OH is 1. The number of amides is 2. The van der Waals surface area contributed by atoms with Gasteiger partial charge in [0.2, 0.25) is 11.8 Å². The van der Waals surface area contributed by atoms with Crippen LogP contribution in [0.2, 0.25) is 0 Å². The molecule has 2 saturated heterocycles. The second-order valence-corrected chi connectivity index (χ2v) is 8.00. The average molecular weight is 336 g/mol. The first kappa shape index (κ1) is 17.7. The van der Waals surface area contributed by atoms with Crippen LogP contribution in [0.3, 0.4) is 0 Å². The molecule has 2 heterocycles. The van der Waals surface area contributed by atoms with Crippen molar-refractivity contribution in [3.05, 3.63) is 0 Å². The van der Waals surface area contributed by atoms with Gasteiger partial charge in [-0.25, -0.2) is 0 Å². The zero-order valence-corrected chi connectivity index (χ0v) is 15.0. The summed E-state index contributed by atoms with van der Waals surface area (Å²) in [7, 11) is 0. The standard InChI is InChI=1S/C19H32N2O3/c1-14(22)11-17-9-6-10-20(17)19(24)15-12-18(23)21(13-15)16-7-4-2-3-5-8-16/h14-17,22H,2-13H2,1H3. The number of carbonyl (C=O) groups excluding carboxylic acids is 2. The number of nitrogens with zero attached hydrogens (tertiary/aromatic N) is 2. The second kappa shape index (κ2) is 7.85. The lowest BCUT2D eigenvalue weighted by molar-refractivity contribution is -0.137. The Kier molecular flexibility index (Phi) is 5.80. The first-order chi connectivity index (χ1) is 11.6. The van der Waals surface area contributed by atoms with Crippen molar-refractivity contribution < 1.29 is 14.7 Å². The molecule has 136 valence electrons. The van der Waals surface area contributed by atoms with E-state index in [1.807, 2.05) is 9.80 Å². The Labute approximate surface area is 145 Å². The maximum atomic E-state index is 12.9. The minimum atomic E-state index is -0.379. The number of likely N-dealkylation sites (tertiary alicyclic amines) is 2. The monoisotopic (exact) mass is 336 g/mol. The van der Waals surface area contributed by atoms with Crippen LogP contribution in [0.4, 0.5) is 0 Å². The summed E-state index contributed by atoms with van der Waals surface area (Å²) in [5, 5.41) is 9.66. The molecule has 3 unspecified atom stereocenters. The third-order valence-electron chi connectivity index (χ3n) is 6.05. The van der Waals surface area contributed by atoms with Gasteiger partial charge in [-0.15, -0.1) is 0 Å². The van der Waals surface area contributed by atoms with Crippen LogP contribution in [-0.4, -0.2) is 58.0 Å². The highest BCUT2D eigenvalue weighted by molar-refractivity contribution is 5.89. The van der Waals surface area contributed by atoms with Crippen molar-refractivity contribution in [2.75, 3.05) is 13.1 Å². The molecular weight excluding hydrogens is 304 g/mol. The molecule has 1 N–H and O–H groups in total. The van der Waals surface area contributed by atoms with E-state index in [0.717, 1.165) is 32.2 Å². The van der Waals surface area contributed by atoms with Gasteiger partial charge in [0.1, 0.15) is 0 Å². The molecule has 1 saturated carbocycles. The van der Waals surface area contributed by atoms with Crippen LogP contribution in [0, 0.1) is 5.92 Å². The normalized spacial score (nSPS) is 30.7. The maximum absolute atomic E-state index is 12.9. The average Bonchev–Trinajstić information content (AvgIpc) is 3.04. The molecule has 0 spiro atoms. The van der Waals surface area contributed by atoms with Crippen molar-refractivity contribution in [2.45, 2.75) is 89.3 Å². The molecule has 3 atom stereocenters. The Morgan fingerprint density at radius 2 is 1.88 bits per heavy atom. The van der Waals surface area contributed by atoms with Gasteiger partial charge >= 0.3 is 0 Å². The quantitative estimate of drug-likeness (QED) is 0.802. The predicted molar refractivity (Wildman–Crippen MR) is 92.3 cm³/mol. The van der Waals surface area contributed by atoms with Gasteiger partial charge in [0.25, 0.3) is 0 Å². The molecule has 2 aliphatic heterocycles. The highest BCUT2D eigenvalue weighted by Crippen LogP contribution is 2.31. The molecule has 2 amide bonds. The molecule has 3 aliphatic rings. The van der Waals surface area contributed by atoms with Crippen molar-refractivity contribution in [1.82, 2.24) is 9.80 Å². The van der Waals surface area contributed by atoms with Crippen LogP contribution in [0.25, 0.3) is 0 Å². The molecule has 0 aromatic rings. The zero-order valence-electron chi connectivity index (χ0n) is 15.0. The molecule has 0 bridgehead atoms. The Morgan fingerprint density at radius 1 is 1.17 bits per heavy atom. The van der Waals surface area contributed by atoms with Crippen molar-refractivity contribution in [2.24, 2.45) is 5.92 Å².